The first kappa shape index (κ1) is 24.3. The van der Waals surface area contributed by atoms with E-state index in [-0.39, 0.29) is 29.5 Å². The van der Waals surface area contributed by atoms with Crippen LogP contribution < -0.4 is 5.32 Å². The van der Waals surface area contributed by atoms with Crippen LogP contribution in [0.25, 0.3) is 16.8 Å². The molecule has 2 N–H and O–H groups in total. The zero-order valence-corrected chi connectivity index (χ0v) is 22.0. The number of aromatic nitrogens is 7. The summed E-state index contributed by atoms with van der Waals surface area (Å²) in [5.41, 5.74) is 5.51. The van der Waals surface area contributed by atoms with Gasteiger partial charge < -0.3 is 10.2 Å². The molecule has 1 amide bonds. The Morgan fingerprint density at radius 3 is 2.88 bits per heavy atom. The van der Waals surface area contributed by atoms with Gasteiger partial charge in [0, 0.05) is 48.8 Å². The van der Waals surface area contributed by atoms with Crippen LogP contribution in [0.4, 0.5) is 5.82 Å². The summed E-state index contributed by atoms with van der Waals surface area (Å²) in [5, 5.41) is 14.6. The molecule has 12 heteroatoms. The Morgan fingerprint density at radius 2 is 2.12 bits per heavy atom. The third-order valence-corrected chi connectivity index (χ3v) is 8.03. The zero-order valence-electron chi connectivity index (χ0n) is 22.0. The summed E-state index contributed by atoms with van der Waals surface area (Å²) in [6.07, 6.45) is 11.5. The normalized spacial score (nSPS) is 20.5. The van der Waals surface area contributed by atoms with Crippen LogP contribution >= 0.6 is 0 Å². The molecule has 40 heavy (non-hydrogen) atoms. The van der Waals surface area contributed by atoms with Crippen LogP contribution in [0, 0.1) is 0 Å². The predicted molar refractivity (Wildman–Crippen MR) is 148 cm³/mol. The number of nitrogens with one attached hydrogen (secondary N) is 2. The molecule has 0 saturated carbocycles. The molecule has 12 nitrogen and oxygen atoms in total. The van der Waals surface area contributed by atoms with E-state index in [1.165, 1.54) is 6.33 Å². The van der Waals surface area contributed by atoms with Crippen molar-refractivity contribution in [1.29, 1.82) is 0 Å². The van der Waals surface area contributed by atoms with E-state index in [0.717, 1.165) is 34.6 Å². The molecular formula is C28H28N10O2. The maximum Gasteiger partial charge on any atom is 0.291 e. The zero-order chi connectivity index (χ0) is 27.2. The fraction of sp³-hybridized carbons (Fsp3) is 0.357. The van der Waals surface area contributed by atoms with Crippen LogP contribution in [-0.2, 0) is 0 Å². The average molecular weight is 537 g/mol. The van der Waals surface area contributed by atoms with Crippen molar-refractivity contribution in [2.45, 2.75) is 44.6 Å². The Hall–Kier alpha value is -4.74. The molecule has 0 aliphatic carbocycles. The van der Waals surface area contributed by atoms with E-state index in [9.17, 15) is 9.59 Å². The number of rotatable bonds is 5. The van der Waals surface area contributed by atoms with Crippen molar-refractivity contribution < 1.29 is 9.59 Å². The van der Waals surface area contributed by atoms with Crippen LogP contribution in [0.3, 0.4) is 0 Å². The van der Waals surface area contributed by atoms with E-state index in [0.29, 0.717) is 55.9 Å². The number of aromatic amines is 1. The molecular weight excluding hydrogens is 508 g/mol. The number of carbonyl (C=O) groups excluding carboxylic acids is 2. The molecule has 0 radical (unpaired) electrons. The number of likely N-dealkylation sites (tertiary alicyclic amines) is 1. The lowest BCUT2D eigenvalue weighted by Crippen LogP contribution is -2.46. The third kappa shape index (κ3) is 3.98. The second-order valence-corrected chi connectivity index (χ2v) is 10.3. The van der Waals surface area contributed by atoms with E-state index < -0.39 is 0 Å². The summed E-state index contributed by atoms with van der Waals surface area (Å²) in [5.74, 6) is 0.860. The van der Waals surface area contributed by atoms with E-state index >= 15 is 0 Å². The van der Waals surface area contributed by atoms with Gasteiger partial charge in [-0.15, -0.1) is 0 Å². The first-order valence-electron chi connectivity index (χ1n) is 13.6. The van der Waals surface area contributed by atoms with Gasteiger partial charge in [-0.3, -0.25) is 24.7 Å². The molecule has 2 atom stereocenters. The number of fused-ring (bicyclic) bond motifs is 3. The number of carbonyl (C=O) groups is 2. The number of H-pyrrole nitrogens is 1. The SMILES string of the molecule is CCC1CC(c2nc3c(-c4ccc(C5=NCC=C5)nc4)cnn3c3c2C(=O)CCN3)CCN1C(=O)c1ncn[nH]1. The Labute approximate surface area is 229 Å². The van der Waals surface area contributed by atoms with E-state index in [2.05, 4.69) is 42.5 Å². The predicted octanol–water partition coefficient (Wildman–Crippen LogP) is 3.07. The van der Waals surface area contributed by atoms with Crippen molar-refractivity contribution in [1.82, 2.24) is 39.7 Å². The summed E-state index contributed by atoms with van der Waals surface area (Å²) in [4.78, 5) is 46.5. The molecule has 3 aliphatic heterocycles. The molecule has 4 aromatic rings. The van der Waals surface area contributed by atoms with Gasteiger partial charge in [-0.05, 0) is 31.4 Å². The number of anilines is 1. The Balaban J connectivity index is 1.27. The van der Waals surface area contributed by atoms with Gasteiger partial charge in [-0.25, -0.2) is 9.97 Å². The van der Waals surface area contributed by atoms with Gasteiger partial charge in [0.2, 0.25) is 5.82 Å². The van der Waals surface area contributed by atoms with E-state index in [1.54, 1.807) is 10.7 Å². The van der Waals surface area contributed by atoms with Gasteiger partial charge >= 0.3 is 0 Å². The molecule has 0 aromatic carbocycles. The summed E-state index contributed by atoms with van der Waals surface area (Å²) in [6.45, 7) is 3.85. The van der Waals surface area contributed by atoms with Crippen molar-refractivity contribution >= 4 is 28.9 Å². The fourth-order valence-corrected chi connectivity index (χ4v) is 6.00. The summed E-state index contributed by atoms with van der Waals surface area (Å²) in [7, 11) is 0. The smallest absolute Gasteiger partial charge is 0.291 e. The minimum atomic E-state index is -0.154. The number of Topliss-reactive ketones (excluding diaryl/α,β-unsaturated/α-hetero) is 1. The molecule has 2 unspecified atom stereocenters. The highest BCUT2D eigenvalue weighted by molar-refractivity contribution is 6.08. The van der Waals surface area contributed by atoms with Gasteiger partial charge in [-0.2, -0.15) is 14.7 Å². The minimum absolute atomic E-state index is 0.00893. The van der Waals surface area contributed by atoms with Gasteiger partial charge in [0.05, 0.1) is 35.4 Å². The number of aliphatic imine (C=N–C) groups is 1. The second kappa shape index (κ2) is 9.78. The second-order valence-electron chi connectivity index (χ2n) is 10.3. The first-order valence-corrected chi connectivity index (χ1v) is 13.6. The molecule has 1 saturated heterocycles. The number of piperidine rings is 1. The minimum Gasteiger partial charge on any atom is -0.369 e. The molecule has 7 heterocycles. The number of hydrogen-bond acceptors (Lipinski definition) is 9. The Bertz CT molecular complexity index is 1670. The standard InChI is InChI=1S/C28H28N10O2/c1-2-18-12-16(8-11-37(18)28(40)25-32-15-33-36-25)24-23-22(39)7-10-30-27(23)38-26(35-24)19(14-34-38)17-5-6-21(31-13-17)20-4-3-9-29-20/h3-6,13-16,18,30H,2,7-12H2,1H3,(H,32,33,36). The monoisotopic (exact) mass is 536 g/mol. The molecule has 4 aromatic heterocycles. The van der Waals surface area contributed by atoms with Crippen molar-refractivity contribution in [3.63, 3.8) is 0 Å². The van der Waals surface area contributed by atoms with Crippen molar-refractivity contribution in [3.8, 4) is 11.1 Å². The highest BCUT2D eigenvalue weighted by Gasteiger charge is 2.37. The average Bonchev–Trinajstić information content (AvgIpc) is 3.79. The molecule has 0 spiro atoms. The maximum absolute atomic E-state index is 13.3. The Morgan fingerprint density at radius 1 is 1.20 bits per heavy atom. The van der Waals surface area contributed by atoms with Crippen molar-refractivity contribution in [2.75, 3.05) is 25.0 Å². The summed E-state index contributed by atoms with van der Waals surface area (Å²) < 4.78 is 1.74. The quantitative estimate of drug-likeness (QED) is 0.396. The lowest BCUT2D eigenvalue weighted by atomic mass is 9.83. The third-order valence-electron chi connectivity index (χ3n) is 8.03. The van der Waals surface area contributed by atoms with Crippen LogP contribution in [-0.4, -0.2) is 82.7 Å². The van der Waals surface area contributed by atoms with E-state index in [1.807, 2.05) is 35.4 Å². The van der Waals surface area contributed by atoms with Crippen molar-refractivity contribution in [3.05, 3.63) is 65.8 Å². The highest BCUT2D eigenvalue weighted by Crippen LogP contribution is 2.39. The van der Waals surface area contributed by atoms with E-state index in [4.69, 9.17) is 4.98 Å². The van der Waals surface area contributed by atoms with Gasteiger partial charge in [0.25, 0.3) is 5.91 Å². The number of amides is 1. The molecule has 1 fully saturated rings. The number of ketones is 1. The maximum atomic E-state index is 13.3. The molecule has 0 bridgehead atoms. The Kier molecular flexibility index (Phi) is 5.94. The van der Waals surface area contributed by atoms with Crippen molar-refractivity contribution in [2.24, 2.45) is 4.99 Å². The van der Waals surface area contributed by atoms with Gasteiger partial charge in [0.15, 0.2) is 11.4 Å². The lowest BCUT2D eigenvalue weighted by molar-refractivity contribution is 0.0570. The topological polar surface area (TPSA) is 146 Å². The molecule has 202 valence electrons. The molecule has 7 rings (SSSR count). The fourth-order valence-electron chi connectivity index (χ4n) is 6.00. The van der Waals surface area contributed by atoms with Gasteiger partial charge in [0.1, 0.15) is 12.1 Å². The largest absolute Gasteiger partial charge is 0.369 e. The highest BCUT2D eigenvalue weighted by atomic mass is 16.2. The number of hydrogen-bond donors (Lipinski definition) is 2. The molecule has 3 aliphatic rings. The van der Waals surface area contributed by atoms with Crippen LogP contribution in [0.1, 0.15) is 70.9 Å². The van der Waals surface area contributed by atoms with Crippen LogP contribution in [0.2, 0.25) is 0 Å². The number of nitrogens with zero attached hydrogens (tertiary/aromatic N) is 8. The van der Waals surface area contributed by atoms with Crippen LogP contribution in [0.5, 0.6) is 0 Å². The van der Waals surface area contributed by atoms with Gasteiger partial charge in [-0.1, -0.05) is 19.1 Å². The number of pyridine rings is 1. The first-order chi connectivity index (χ1) is 19.6. The summed E-state index contributed by atoms with van der Waals surface area (Å²) in [6, 6.07) is 3.96. The number of allylic oxidation sites excluding steroid dienone is 1. The van der Waals surface area contributed by atoms with Crippen LogP contribution in [0.15, 0.2) is 48.0 Å². The summed E-state index contributed by atoms with van der Waals surface area (Å²) >= 11 is 0. The lowest BCUT2D eigenvalue weighted by Gasteiger charge is -2.39.